The molecule has 2 heterocycles. The molecule has 0 aliphatic heterocycles. The largest absolute Gasteiger partial charge is 0.331 e. The van der Waals surface area contributed by atoms with Crippen molar-refractivity contribution in [2.75, 3.05) is 0 Å². The van der Waals surface area contributed by atoms with E-state index in [1.54, 1.807) is 11.3 Å². The van der Waals surface area contributed by atoms with Crippen LogP contribution in [0, 0.1) is 0 Å². The van der Waals surface area contributed by atoms with Gasteiger partial charge in [-0.05, 0) is 27.2 Å². The summed E-state index contributed by atoms with van der Waals surface area (Å²) in [6.07, 6.45) is 6.87. The number of imidazole rings is 1. The lowest BCUT2D eigenvalue weighted by Gasteiger charge is -2.15. The van der Waals surface area contributed by atoms with Crippen LogP contribution < -0.4 is 5.32 Å². The molecule has 0 aliphatic carbocycles. The molecule has 2 aromatic rings. The number of thiazole rings is 1. The van der Waals surface area contributed by atoms with Crippen LogP contribution in [0.3, 0.4) is 0 Å². The van der Waals surface area contributed by atoms with E-state index in [-0.39, 0.29) is 6.04 Å². The molecule has 1 atom stereocenters. The van der Waals surface area contributed by atoms with Crippen LogP contribution in [0.15, 0.2) is 18.7 Å². The van der Waals surface area contributed by atoms with Crippen molar-refractivity contribution in [1.82, 2.24) is 19.9 Å². The molecule has 1 N–H and O–H groups in total. The zero-order chi connectivity index (χ0) is 13.8. The summed E-state index contributed by atoms with van der Waals surface area (Å²) < 4.78 is 2.19. The predicted octanol–water partition coefficient (Wildman–Crippen LogP) is 3.33. The highest BCUT2D eigenvalue weighted by Crippen LogP contribution is 2.20. The van der Waals surface area contributed by atoms with Gasteiger partial charge < -0.3 is 9.88 Å². The Morgan fingerprint density at radius 1 is 1.32 bits per heavy atom. The quantitative estimate of drug-likeness (QED) is 0.881. The maximum atomic E-state index is 4.48. The van der Waals surface area contributed by atoms with Crippen LogP contribution in [0.1, 0.15) is 55.4 Å². The summed E-state index contributed by atoms with van der Waals surface area (Å²) in [6, 6.07) is 0.724. The zero-order valence-electron chi connectivity index (χ0n) is 12.1. The van der Waals surface area contributed by atoms with E-state index in [0.29, 0.717) is 6.04 Å². The van der Waals surface area contributed by atoms with Crippen molar-refractivity contribution in [1.29, 1.82) is 0 Å². The fraction of sp³-hybridized carbons (Fsp3) is 0.571. The topological polar surface area (TPSA) is 42.7 Å². The van der Waals surface area contributed by atoms with Crippen molar-refractivity contribution in [2.45, 2.75) is 52.7 Å². The van der Waals surface area contributed by atoms with Crippen LogP contribution in [0.4, 0.5) is 0 Å². The van der Waals surface area contributed by atoms with E-state index in [4.69, 9.17) is 0 Å². The van der Waals surface area contributed by atoms with E-state index in [2.05, 4.69) is 47.5 Å². The van der Waals surface area contributed by atoms with Gasteiger partial charge in [0, 0.05) is 29.9 Å². The fourth-order valence-electron chi connectivity index (χ4n) is 1.97. The third-order valence-corrected chi connectivity index (χ3v) is 4.51. The van der Waals surface area contributed by atoms with Crippen LogP contribution in [-0.4, -0.2) is 14.5 Å². The minimum atomic E-state index is 0.279. The van der Waals surface area contributed by atoms with Crippen molar-refractivity contribution in [2.24, 2.45) is 0 Å². The molecule has 0 radical (unpaired) electrons. The van der Waals surface area contributed by atoms with Gasteiger partial charge in [0.2, 0.25) is 0 Å². The summed E-state index contributed by atoms with van der Waals surface area (Å²) in [7, 11) is 0. The SMILES string of the molecule is CCc1cnc(C(C)NCc2cncn2C(C)C)s1. The molecule has 2 aromatic heterocycles. The van der Waals surface area contributed by atoms with Crippen LogP contribution in [0.2, 0.25) is 0 Å². The Morgan fingerprint density at radius 3 is 2.74 bits per heavy atom. The second-order valence-corrected chi connectivity index (χ2v) is 6.15. The van der Waals surface area contributed by atoms with Gasteiger partial charge in [0.1, 0.15) is 5.01 Å². The van der Waals surface area contributed by atoms with E-state index in [9.17, 15) is 0 Å². The molecule has 0 aromatic carbocycles. The number of aromatic nitrogens is 3. The summed E-state index contributed by atoms with van der Waals surface area (Å²) in [6.45, 7) is 9.48. The molecule has 5 heteroatoms. The normalized spacial score (nSPS) is 13.1. The van der Waals surface area contributed by atoms with E-state index in [1.807, 2.05) is 18.7 Å². The molecular formula is C14H22N4S. The van der Waals surface area contributed by atoms with Gasteiger partial charge in [-0.15, -0.1) is 11.3 Å². The number of nitrogens with one attached hydrogen (secondary N) is 1. The molecule has 19 heavy (non-hydrogen) atoms. The highest BCUT2D eigenvalue weighted by Gasteiger charge is 2.11. The Hall–Kier alpha value is -1.20. The van der Waals surface area contributed by atoms with Gasteiger partial charge in [-0.2, -0.15) is 0 Å². The second-order valence-electron chi connectivity index (χ2n) is 5.01. The molecule has 0 amide bonds. The number of aryl methyl sites for hydroxylation is 1. The average molecular weight is 278 g/mol. The molecule has 4 nitrogen and oxygen atoms in total. The van der Waals surface area contributed by atoms with E-state index in [1.165, 1.54) is 10.6 Å². The minimum Gasteiger partial charge on any atom is -0.331 e. The third kappa shape index (κ3) is 3.42. The van der Waals surface area contributed by atoms with Crippen LogP contribution in [0.25, 0.3) is 0 Å². The van der Waals surface area contributed by atoms with Crippen molar-refractivity contribution in [3.05, 3.63) is 34.3 Å². The summed E-state index contributed by atoms with van der Waals surface area (Å²) in [5.41, 5.74) is 1.22. The lowest BCUT2D eigenvalue weighted by Crippen LogP contribution is -2.20. The molecule has 0 spiro atoms. The van der Waals surface area contributed by atoms with E-state index >= 15 is 0 Å². The Balaban J connectivity index is 1.96. The van der Waals surface area contributed by atoms with Gasteiger partial charge in [0.05, 0.1) is 18.1 Å². The van der Waals surface area contributed by atoms with Gasteiger partial charge >= 0.3 is 0 Å². The van der Waals surface area contributed by atoms with Crippen molar-refractivity contribution < 1.29 is 0 Å². The predicted molar refractivity (Wildman–Crippen MR) is 79.4 cm³/mol. The Bertz CT molecular complexity index is 515. The average Bonchev–Trinajstić information content (AvgIpc) is 3.04. The number of hydrogen-bond donors (Lipinski definition) is 1. The molecule has 0 saturated carbocycles. The third-order valence-electron chi connectivity index (χ3n) is 3.18. The molecule has 0 saturated heterocycles. The Kier molecular flexibility index (Phi) is 4.71. The molecular weight excluding hydrogens is 256 g/mol. The summed E-state index contributed by atoms with van der Waals surface area (Å²) >= 11 is 1.79. The smallest absolute Gasteiger partial charge is 0.109 e. The molecule has 2 rings (SSSR count). The molecule has 0 bridgehead atoms. The lowest BCUT2D eigenvalue weighted by atomic mass is 10.3. The number of nitrogens with zero attached hydrogens (tertiary/aromatic N) is 3. The van der Waals surface area contributed by atoms with Gasteiger partial charge in [0.25, 0.3) is 0 Å². The lowest BCUT2D eigenvalue weighted by molar-refractivity contribution is 0.517. The van der Waals surface area contributed by atoms with E-state index in [0.717, 1.165) is 18.0 Å². The van der Waals surface area contributed by atoms with Crippen LogP contribution >= 0.6 is 11.3 Å². The van der Waals surface area contributed by atoms with Gasteiger partial charge in [0.15, 0.2) is 0 Å². The zero-order valence-corrected chi connectivity index (χ0v) is 12.9. The van der Waals surface area contributed by atoms with Crippen LogP contribution in [0.5, 0.6) is 0 Å². The summed E-state index contributed by atoms with van der Waals surface area (Å²) in [5.74, 6) is 0. The van der Waals surface area contributed by atoms with Crippen molar-refractivity contribution in [3.8, 4) is 0 Å². The Labute approximate surface area is 118 Å². The van der Waals surface area contributed by atoms with Gasteiger partial charge in [-0.25, -0.2) is 9.97 Å². The van der Waals surface area contributed by atoms with E-state index < -0.39 is 0 Å². The highest BCUT2D eigenvalue weighted by molar-refractivity contribution is 7.11. The maximum absolute atomic E-state index is 4.48. The summed E-state index contributed by atoms with van der Waals surface area (Å²) in [4.78, 5) is 10.0. The minimum absolute atomic E-state index is 0.279. The monoisotopic (exact) mass is 278 g/mol. The highest BCUT2D eigenvalue weighted by atomic mass is 32.1. The first-order valence-electron chi connectivity index (χ1n) is 6.80. The molecule has 1 unspecified atom stereocenters. The van der Waals surface area contributed by atoms with Gasteiger partial charge in [-0.1, -0.05) is 6.92 Å². The number of rotatable bonds is 6. The molecule has 104 valence electrons. The van der Waals surface area contributed by atoms with Crippen molar-refractivity contribution in [3.63, 3.8) is 0 Å². The first-order valence-corrected chi connectivity index (χ1v) is 7.62. The first-order chi connectivity index (χ1) is 9.11. The summed E-state index contributed by atoms with van der Waals surface area (Å²) in [5, 5.41) is 4.68. The first kappa shape index (κ1) is 14.2. The standard InChI is InChI=1S/C14H22N4S/c1-5-13-8-17-14(19-13)11(4)16-7-12-6-15-9-18(12)10(2)3/h6,8-11,16H,5,7H2,1-4H3. The fourth-order valence-corrected chi connectivity index (χ4v) is 2.85. The Morgan fingerprint density at radius 2 is 2.11 bits per heavy atom. The van der Waals surface area contributed by atoms with Crippen LogP contribution in [-0.2, 0) is 13.0 Å². The van der Waals surface area contributed by atoms with Gasteiger partial charge in [-0.3, -0.25) is 0 Å². The second kappa shape index (κ2) is 6.30. The molecule has 0 fully saturated rings. The molecule has 0 aliphatic rings. The van der Waals surface area contributed by atoms with Crippen molar-refractivity contribution >= 4 is 11.3 Å². The number of hydrogen-bond acceptors (Lipinski definition) is 4. The maximum Gasteiger partial charge on any atom is 0.109 e.